The normalized spacial score (nSPS) is 10.5. The Kier molecular flexibility index (Phi) is 3.87. The van der Waals surface area contributed by atoms with Gasteiger partial charge < -0.3 is 5.73 Å². The maximum absolute atomic E-state index is 13.3. The minimum atomic E-state index is -1.48. The molecule has 0 radical (unpaired) electrons. The van der Waals surface area contributed by atoms with Crippen LogP contribution in [-0.2, 0) is 0 Å². The van der Waals surface area contributed by atoms with Crippen molar-refractivity contribution in [1.29, 1.82) is 0 Å². The Morgan fingerprint density at radius 1 is 1.33 bits per heavy atom. The summed E-state index contributed by atoms with van der Waals surface area (Å²) >= 11 is 2.69. The van der Waals surface area contributed by atoms with E-state index < -0.39 is 28.8 Å². The lowest BCUT2D eigenvalue weighted by molar-refractivity contribution is 0.0976. The van der Waals surface area contributed by atoms with Crippen molar-refractivity contribution in [3.63, 3.8) is 0 Å². The van der Waals surface area contributed by atoms with Gasteiger partial charge in [-0.2, -0.15) is 0 Å². The highest BCUT2D eigenvalue weighted by atomic mass is 79.9. The van der Waals surface area contributed by atoms with Crippen LogP contribution in [0.25, 0.3) is 0 Å². The molecule has 2 N–H and O–H groups in total. The van der Waals surface area contributed by atoms with Gasteiger partial charge in [-0.1, -0.05) is 0 Å². The maximum atomic E-state index is 13.3. The van der Waals surface area contributed by atoms with Gasteiger partial charge >= 0.3 is 0 Å². The standard InChI is InChI=1S/C9H7BrF3NO/c10-4-3-5(11)9(13)7(8(4)12)6(15)1-2-14/h3H,1-2,14H2. The third-order valence-corrected chi connectivity index (χ3v) is 2.34. The van der Waals surface area contributed by atoms with Crippen molar-refractivity contribution in [1.82, 2.24) is 0 Å². The average molecular weight is 282 g/mol. The summed E-state index contributed by atoms with van der Waals surface area (Å²) in [7, 11) is 0. The molecule has 1 rings (SSSR count). The van der Waals surface area contributed by atoms with Crippen LogP contribution < -0.4 is 5.73 Å². The van der Waals surface area contributed by atoms with Crippen LogP contribution in [0.3, 0.4) is 0 Å². The van der Waals surface area contributed by atoms with Crippen molar-refractivity contribution in [2.75, 3.05) is 6.54 Å². The van der Waals surface area contributed by atoms with E-state index in [1.807, 2.05) is 0 Å². The zero-order valence-electron chi connectivity index (χ0n) is 7.49. The van der Waals surface area contributed by atoms with E-state index in [1.165, 1.54) is 0 Å². The summed E-state index contributed by atoms with van der Waals surface area (Å²) in [5.74, 6) is -4.71. The molecule has 1 aromatic rings. The number of ketones is 1. The first-order chi connectivity index (χ1) is 6.99. The first-order valence-electron chi connectivity index (χ1n) is 4.05. The number of hydrogen-bond acceptors (Lipinski definition) is 2. The molecular weight excluding hydrogens is 275 g/mol. The quantitative estimate of drug-likeness (QED) is 0.683. The van der Waals surface area contributed by atoms with Gasteiger partial charge in [0.2, 0.25) is 0 Å². The predicted molar refractivity (Wildman–Crippen MR) is 52.0 cm³/mol. The highest BCUT2D eigenvalue weighted by Crippen LogP contribution is 2.25. The zero-order valence-corrected chi connectivity index (χ0v) is 9.08. The molecule has 0 unspecified atom stereocenters. The SMILES string of the molecule is NCCC(=O)c1c(F)c(F)cc(Br)c1F. The third-order valence-electron chi connectivity index (χ3n) is 1.76. The van der Waals surface area contributed by atoms with Crippen LogP contribution in [0.15, 0.2) is 10.5 Å². The van der Waals surface area contributed by atoms with Crippen molar-refractivity contribution in [2.45, 2.75) is 6.42 Å². The van der Waals surface area contributed by atoms with Gasteiger partial charge in [0, 0.05) is 6.42 Å². The Morgan fingerprint density at radius 3 is 2.47 bits per heavy atom. The summed E-state index contributed by atoms with van der Waals surface area (Å²) in [6.07, 6.45) is -0.232. The second-order valence-electron chi connectivity index (χ2n) is 2.81. The van der Waals surface area contributed by atoms with E-state index in [4.69, 9.17) is 5.73 Å². The number of rotatable bonds is 3. The first-order valence-corrected chi connectivity index (χ1v) is 4.84. The van der Waals surface area contributed by atoms with Gasteiger partial charge in [-0.25, -0.2) is 13.2 Å². The highest BCUT2D eigenvalue weighted by Gasteiger charge is 2.22. The number of carbonyl (C=O) groups is 1. The van der Waals surface area contributed by atoms with Gasteiger partial charge in [-0.05, 0) is 28.5 Å². The van der Waals surface area contributed by atoms with Crippen LogP contribution >= 0.6 is 15.9 Å². The van der Waals surface area contributed by atoms with Crippen LogP contribution in [0, 0.1) is 17.5 Å². The van der Waals surface area contributed by atoms with E-state index >= 15 is 0 Å². The van der Waals surface area contributed by atoms with Gasteiger partial charge in [0.05, 0.1) is 10.0 Å². The van der Waals surface area contributed by atoms with E-state index in [0.717, 1.165) is 0 Å². The fourth-order valence-corrected chi connectivity index (χ4v) is 1.47. The zero-order chi connectivity index (χ0) is 11.6. The van der Waals surface area contributed by atoms with Crippen molar-refractivity contribution in [2.24, 2.45) is 5.73 Å². The molecule has 6 heteroatoms. The maximum Gasteiger partial charge on any atom is 0.172 e. The van der Waals surface area contributed by atoms with Crippen LogP contribution in [0.1, 0.15) is 16.8 Å². The summed E-state index contributed by atoms with van der Waals surface area (Å²) < 4.78 is 39.0. The van der Waals surface area contributed by atoms with Gasteiger partial charge in [0.1, 0.15) is 0 Å². The van der Waals surface area contributed by atoms with Crippen molar-refractivity contribution >= 4 is 21.7 Å². The van der Waals surface area contributed by atoms with Crippen LogP contribution in [0.5, 0.6) is 0 Å². The predicted octanol–water partition coefficient (Wildman–Crippen LogP) is 2.40. The molecule has 1 aromatic carbocycles. The molecular formula is C9H7BrF3NO. The number of hydrogen-bond donors (Lipinski definition) is 1. The number of halogens is 4. The van der Waals surface area contributed by atoms with Crippen molar-refractivity contribution < 1.29 is 18.0 Å². The van der Waals surface area contributed by atoms with E-state index in [9.17, 15) is 18.0 Å². The van der Waals surface area contributed by atoms with Crippen molar-refractivity contribution in [3.05, 3.63) is 33.6 Å². The average Bonchev–Trinajstić information content (AvgIpc) is 2.16. The Balaban J connectivity index is 3.32. The molecule has 0 aliphatic heterocycles. The van der Waals surface area contributed by atoms with E-state index in [-0.39, 0.29) is 17.4 Å². The van der Waals surface area contributed by atoms with Crippen LogP contribution in [0.4, 0.5) is 13.2 Å². The second kappa shape index (κ2) is 4.76. The van der Waals surface area contributed by atoms with Gasteiger partial charge in [-0.15, -0.1) is 0 Å². The molecule has 0 aromatic heterocycles. The Morgan fingerprint density at radius 2 is 1.93 bits per heavy atom. The summed E-state index contributed by atoms with van der Waals surface area (Å²) in [5.41, 5.74) is 4.19. The fourth-order valence-electron chi connectivity index (χ4n) is 1.07. The second-order valence-corrected chi connectivity index (χ2v) is 3.66. The lowest BCUT2D eigenvalue weighted by atomic mass is 10.1. The van der Waals surface area contributed by atoms with Gasteiger partial charge in [0.15, 0.2) is 23.2 Å². The lowest BCUT2D eigenvalue weighted by Gasteiger charge is -2.05. The largest absolute Gasteiger partial charge is 0.330 e. The van der Waals surface area contributed by atoms with E-state index in [2.05, 4.69) is 15.9 Å². The Hall–Kier alpha value is -0.880. The summed E-state index contributed by atoms with van der Waals surface area (Å²) in [6, 6.07) is 0.629. The molecule has 0 heterocycles. The minimum absolute atomic E-state index is 0.0498. The molecule has 0 saturated heterocycles. The topological polar surface area (TPSA) is 43.1 Å². The molecule has 0 spiro atoms. The Bertz CT molecular complexity index is 383. The monoisotopic (exact) mass is 281 g/mol. The molecule has 0 amide bonds. The molecule has 0 aliphatic rings. The minimum Gasteiger partial charge on any atom is -0.330 e. The number of Topliss-reactive ketones (excluding diaryl/α,β-unsaturated/α-hetero) is 1. The summed E-state index contributed by atoms with van der Waals surface area (Å²) in [4.78, 5) is 11.2. The molecule has 0 fully saturated rings. The molecule has 0 aliphatic carbocycles. The molecule has 82 valence electrons. The molecule has 0 bridgehead atoms. The molecule has 0 atom stereocenters. The van der Waals surface area contributed by atoms with Crippen LogP contribution in [0.2, 0.25) is 0 Å². The molecule has 2 nitrogen and oxygen atoms in total. The Labute approximate surface area is 92.4 Å². The molecule has 0 saturated carbocycles. The number of carbonyl (C=O) groups excluding carboxylic acids is 1. The number of nitrogens with two attached hydrogens (primary N) is 1. The molecule has 15 heavy (non-hydrogen) atoms. The van der Waals surface area contributed by atoms with Gasteiger partial charge in [-0.3, -0.25) is 4.79 Å². The smallest absolute Gasteiger partial charge is 0.172 e. The van der Waals surface area contributed by atoms with E-state index in [0.29, 0.717) is 6.07 Å². The van der Waals surface area contributed by atoms with Crippen LogP contribution in [-0.4, -0.2) is 12.3 Å². The lowest BCUT2D eigenvalue weighted by Crippen LogP contribution is -2.13. The van der Waals surface area contributed by atoms with Gasteiger partial charge in [0.25, 0.3) is 0 Å². The summed E-state index contributed by atoms with van der Waals surface area (Å²) in [5, 5.41) is 0. The fraction of sp³-hybridized carbons (Fsp3) is 0.222. The highest BCUT2D eigenvalue weighted by molar-refractivity contribution is 9.10. The number of benzene rings is 1. The first kappa shape index (κ1) is 12.2. The van der Waals surface area contributed by atoms with E-state index in [1.54, 1.807) is 0 Å². The van der Waals surface area contributed by atoms with Crippen molar-refractivity contribution in [3.8, 4) is 0 Å². The summed E-state index contributed by atoms with van der Waals surface area (Å²) in [6.45, 7) is -0.0498. The third kappa shape index (κ3) is 2.38.